The molecule has 1 atom stereocenters. The molecule has 0 aromatic rings. The lowest BCUT2D eigenvalue weighted by Crippen LogP contribution is -2.54. The molecule has 0 aromatic carbocycles. The monoisotopic (exact) mass is 241 g/mol. The lowest BCUT2D eigenvalue weighted by atomic mass is 9.95. The Kier molecular flexibility index (Phi) is 5.42. The van der Waals surface area contributed by atoms with Crippen LogP contribution in [-0.2, 0) is 0 Å². The maximum atomic E-state index is 5.85. The zero-order valence-corrected chi connectivity index (χ0v) is 12.4. The van der Waals surface area contributed by atoms with Crippen LogP contribution in [0.4, 0.5) is 0 Å². The topological polar surface area (TPSA) is 32.5 Å². The summed E-state index contributed by atoms with van der Waals surface area (Å²) < 4.78 is 0. The fourth-order valence-corrected chi connectivity index (χ4v) is 2.49. The van der Waals surface area contributed by atoms with Gasteiger partial charge in [-0.2, -0.15) is 0 Å². The minimum atomic E-state index is 0.317. The van der Waals surface area contributed by atoms with Gasteiger partial charge in [0, 0.05) is 38.3 Å². The highest BCUT2D eigenvalue weighted by molar-refractivity contribution is 4.83. The summed E-state index contributed by atoms with van der Waals surface area (Å²) in [5, 5.41) is 0. The van der Waals surface area contributed by atoms with Gasteiger partial charge in [0.1, 0.15) is 0 Å². The summed E-state index contributed by atoms with van der Waals surface area (Å²) >= 11 is 0. The Morgan fingerprint density at radius 1 is 1.06 bits per heavy atom. The number of rotatable bonds is 4. The molecule has 0 amide bonds. The van der Waals surface area contributed by atoms with Gasteiger partial charge in [0.2, 0.25) is 0 Å². The first-order valence-corrected chi connectivity index (χ1v) is 7.02. The van der Waals surface area contributed by atoms with Gasteiger partial charge >= 0.3 is 0 Å². The Balaban J connectivity index is 2.37. The average molecular weight is 241 g/mol. The minimum Gasteiger partial charge on any atom is -0.330 e. The lowest BCUT2D eigenvalue weighted by Gasteiger charge is -2.43. The van der Waals surface area contributed by atoms with Crippen molar-refractivity contribution in [3.05, 3.63) is 0 Å². The summed E-state index contributed by atoms with van der Waals surface area (Å²) in [5.41, 5.74) is 6.17. The van der Waals surface area contributed by atoms with Gasteiger partial charge in [-0.1, -0.05) is 13.8 Å². The van der Waals surface area contributed by atoms with E-state index in [2.05, 4.69) is 44.4 Å². The number of piperazine rings is 1. The average Bonchev–Trinajstić information content (AvgIpc) is 2.25. The van der Waals surface area contributed by atoms with Crippen LogP contribution in [0.15, 0.2) is 0 Å². The second kappa shape index (κ2) is 6.17. The summed E-state index contributed by atoms with van der Waals surface area (Å²) in [6.45, 7) is 18.2. The van der Waals surface area contributed by atoms with Crippen molar-refractivity contribution in [3.63, 3.8) is 0 Å². The molecule has 17 heavy (non-hydrogen) atoms. The van der Waals surface area contributed by atoms with E-state index in [1.807, 2.05) is 0 Å². The van der Waals surface area contributed by atoms with Gasteiger partial charge in [-0.05, 0) is 39.2 Å². The molecule has 1 aliphatic rings. The molecule has 1 saturated heterocycles. The summed E-state index contributed by atoms with van der Waals surface area (Å²) in [4.78, 5) is 5.16. The molecule has 1 aliphatic heterocycles. The quantitative estimate of drug-likeness (QED) is 0.812. The molecule has 1 heterocycles. The second-order valence-corrected chi connectivity index (χ2v) is 6.70. The SMILES string of the molecule is CC(C)C(CN)CN1CCN(C(C)(C)C)CC1. The van der Waals surface area contributed by atoms with E-state index in [-0.39, 0.29) is 0 Å². The minimum absolute atomic E-state index is 0.317. The molecule has 0 aliphatic carbocycles. The van der Waals surface area contributed by atoms with Gasteiger partial charge in [-0.3, -0.25) is 4.90 Å². The van der Waals surface area contributed by atoms with Crippen molar-refractivity contribution >= 4 is 0 Å². The smallest absolute Gasteiger partial charge is 0.0126 e. The maximum Gasteiger partial charge on any atom is 0.0126 e. The Hall–Kier alpha value is -0.120. The van der Waals surface area contributed by atoms with Gasteiger partial charge in [0.25, 0.3) is 0 Å². The molecule has 2 N–H and O–H groups in total. The third-order valence-electron chi connectivity index (χ3n) is 4.06. The third kappa shape index (κ3) is 4.57. The van der Waals surface area contributed by atoms with E-state index in [9.17, 15) is 0 Å². The first kappa shape index (κ1) is 14.9. The molecule has 0 saturated carbocycles. The largest absolute Gasteiger partial charge is 0.330 e. The molecule has 0 aromatic heterocycles. The molecular weight excluding hydrogens is 210 g/mol. The van der Waals surface area contributed by atoms with E-state index < -0.39 is 0 Å². The summed E-state index contributed by atoms with van der Waals surface area (Å²) in [6.07, 6.45) is 0. The van der Waals surface area contributed by atoms with Gasteiger partial charge in [0.15, 0.2) is 0 Å². The van der Waals surface area contributed by atoms with Crippen molar-refractivity contribution in [3.8, 4) is 0 Å². The predicted molar refractivity (Wildman–Crippen MR) is 75.1 cm³/mol. The zero-order valence-electron chi connectivity index (χ0n) is 12.4. The van der Waals surface area contributed by atoms with E-state index in [0.29, 0.717) is 17.4 Å². The summed E-state index contributed by atoms with van der Waals surface area (Å²) in [7, 11) is 0. The van der Waals surface area contributed by atoms with E-state index in [4.69, 9.17) is 5.73 Å². The summed E-state index contributed by atoms with van der Waals surface area (Å²) in [6, 6.07) is 0. The van der Waals surface area contributed by atoms with Gasteiger partial charge in [-0.15, -0.1) is 0 Å². The Morgan fingerprint density at radius 2 is 1.59 bits per heavy atom. The van der Waals surface area contributed by atoms with Crippen LogP contribution < -0.4 is 5.73 Å². The Labute approximate surface area is 107 Å². The molecule has 0 bridgehead atoms. The van der Waals surface area contributed by atoms with Crippen LogP contribution >= 0.6 is 0 Å². The highest BCUT2D eigenvalue weighted by atomic mass is 15.3. The standard InChI is InChI=1S/C14H31N3/c1-12(2)13(10-15)11-16-6-8-17(9-7-16)14(3,4)5/h12-13H,6-11,15H2,1-5H3. The molecule has 1 fully saturated rings. The fraction of sp³-hybridized carbons (Fsp3) is 1.00. The first-order chi connectivity index (χ1) is 7.84. The Bertz CT molecular complexity index is 212. The number of nitrogens with zero attached hydrogens (tertiary/aromatic N) is 2. The molecular formula is C14H31N3. The number of hydrogen-bond acceptors (Lipinski definition) is 3. The number of nitrogens with two attached hydrogens (primary N) is 1. The zero-order chi connectivity index (χ0) is 13.1. The van der Waals surface area contributed by atoms with Crippen molar-refractivity contribution < 1.29 is 0 Å². The van der Waals surface area contributed by atoms with Crippen molar-refractivity contribution in [2.45, 2.75) is 40.2 Å². The molecule has 102 valence electrons. The van der Waals surface area contributed by atoms with Crippen LogP contribution in [0.25, 0.3) is 0 Å². The molecule has 3 nitrogen and oxygen atoms in total. The molecule has 3 heteroatoms. The number of hydrogen-bond donors (Lipinski definition) is 1. The molecule has 1 unspecified atom stereocenters. The van der Waals surface area contributed by atoms with Crippen LogP contribution in [0.3, 0.4) is 0 Å². The second-order valence-electron chi connectivity index (χ2n) is 6.70. The van der Waals surface area contributed by atoms with E-state index in [0.717, 1.165) is 6.54 Å². The molecule has 1 rings (SSSR count). The van der Waals surface area contributed by atoms with E-state index in [1.165, 1.54) is 32.7 Å². The van der Waals surface area contributed by atoms with Gasteiger partial charge < -0.3 is 10.6 Å². The van der Waals surface area contributed by atoms with Crippen LogP contribution in [0.1, 0.15) is 34.6 Å². The fourth-order valence-electron chi connectivity index (χ4n) is 2.49. The summed E-state index contributed by atoms with van der Waals surface area (Å²) in [5.74, 6) is 1.34. The third-order valence-corrected chi connectivity index (χ3v) is 4.06. The highest BCUT2D eigenvalue weighted by Gasteiger charge is 2.26. The van der Waals surface area contributed by atoms with Crippen molar-refractivity contribution in [1.29, 1.82) is 0 Å². The highest BCUT2D eigenvalue weighted by Crippen LogP contribution is 2.18. The predicted octanol–water partition coefficient (Wildman–Crippen LogP) is 1.63. The first-order valence-electron chi connectivity index (χ1n) is 7.02. The Morgan fingerprint density at radius 3 is 1.94 bits per heavy atom. The van der Waals surface area contributed by atoms with Crippen LogP contribution in [-0.4, -0.2) is 54.6 Å². The normalized spacial score (nSPS) is 22.1. The molecule has 0 radical (unpaired) electrons. The van der Waals surface area contributed by atoms with Crippen molar-refractivity contribution in [1.82, 2.24) is 9.80 Å². The molecule has 0 spiro atoms. The van der Waals surface area contributed by atoms with Crippen LogP contribution in [0.5, 0.6) is 0 Å². The van der Waals surface area contributed by atoms with Crippen LogP contribution in [0, 0.1) is 11.8 Å². The van der Waals surface area contributed by atoms with E-state index in [1.54, 1.807) is 0 Å². The van der Waals surface area contributed by atoms with Gasteiger partial charge in [0.05, 0.1) is 0 Å². The lowest BCUT2D eigenvalue weighted by molar-refractivity contribution is 0.0522. The maximum absolute atomic E-state index is 5.85. The van der Waals surface area contributed by atoms with E-state index >= 15 is 0 Å². The van der Waals surface area contributed by atoms with Gasteiger partial charge in [-0.25, -0.2) is 0 Å². The van der Waals surface area contributed by atoms with Crippen molar-refractivity contribution in [2.75, 3.05) is 39.3 Å². The van der Waals surface area contributed by atoms with Crippen LogP contribution in [0.2, 0.25) is 0 Å². The van der Waals surface area contributed by atoms with Crippen molar-refractivity contribution in [2.24, 2.45) is 17.6 Å².